The van der Waals surface area contributed by atoms with E-state index in [4.69, 9.17) is 9.84 Å². The summed E-state index contributed by atoms with van der Waals surface area (Å²) >= 11 is 0. The van der Waals surface area contributed by atoms with E-state index in [1.165, 1.54) is 22.3 Å². The molecule has 0 atom stereocenters. The van der Waals surface area contributed by atoms with Crippen LogP contribution in [0.5, 0.6) is 5.75 Å². The first kappa shape index (κ1) is 28.9. The van der Waals surface area contributed by atoms with E-state index >= 15 is 0 Å². The highest BCUT2D eigenvalue weighted by molar-refractivity contribution is 5.67. The molecular weight excluding hydrogens is 496 g/mol. The highest BCUT2D eigenvalue weighted by atomic mass is 16.5. The third-order valence-electron chi connectivity index (χ3n) is 6.67. The van der Waals surface area contributed by atoms with Crippen LogP contribution in [0.15, 0.2) is 103 Å². The first-order valence-corrected chi connectivity index (χ1v) is 14.0. The molecule has 40 heavy (non-hydrogen) atoms. The van der Waals surface area contributed by atoms with E-state index in [0.29, 0.717) is 25.5 Å². The molecule has 4 rings (SSSR count). The Balaban J connectivity index is 1.51. The summed E-state index contributed by atoms with van der Waals surface area (Å²) in [4.78, 5) is 13.3. The van der Waals surface area contributed by atoms with Gasteiger partial charge in [0.25, 0.3) is 0 Å². The lowest BCUT2D eigenvalue weighted by Gasteiger charge is -2.25. The Kier molecular flexibility index (Phi) is 10.8. The van der Waals surface area contributed by atoms with Gasteiger partial charge in [-0.15, -0.1) is 0 Å². The average molecular weight is 537 g/mol. The maximum Gasteiger partial charge on any atom is 0.303 e. The highest BCUT2D eigenvalue weighted by Gasteiger charge is 2.14. The van der Waals surface area contributed by atoms with Crippen molar-refractivity contribution in [3.63, 3.8) is 0 Å². The number of nitrogens with zero attached hydrogens (tertiary/aromatic N) is 1. The van der Waals surface area contributed by atoms with Gasteiger partial charge in [0.15, 0.2) is 0 Å². The van der Waals surface area contributed by atoms with Crippen LogP contribution in [-0.4, -0.2) is 22.6 Å². The smallest absolute Gasteiger partial charge is 0.303 e. The van der Waals surface area contributed by atoms with Crippen LogP contribution in [0.25, 0.3) is 0 Å². The van der Waals surface area contributed by atoms with Gasteiger partial charge in [-0.2, -0.15) is 0 Å². The van der Waals surface area contributed by atoms with Crippen molar-refractivity contribution in [1.29, 1.82) is 0 Å². The number of anilines is 1. The molecule has 0 saturated carbocycles. The fourth-order valence-electron chi connectivity index (χ4n) is 4.60. The third-order valence-corrected chi connectivity index (χ3v) is 6.67. The minimum atomic E-state index is -0.773. The van der Waals surface area contributed by atoms with E-state index in [9.17, 15) is 4.79 Å². The molecule has 208 valence electrons. The number of ether oxygens (including phenoxy) is 1. The summed E-state index contributed by atoms with van der Waals surface area (Å²) in [6, 6.07) is 35.7. The maximum atomic E-state index is 10.9. The summed E-state index contributed by atoms with van der Waals surface area (Å²) < 4.78 is 6.28. The van der Waals surface area contributed by atoms with Gasteiger partial charge in [0.2, 0.25) is 0 Å². The molecule has 0 bridgehead atoms. The second-order valence-corrected chi connectivity index (χ2v) is 10.7. The van der Waals surface area contributed by atoms with Gasteiger partial charge in [0, 0.05) is 43.9 Å². The largest absolute Gasteiger partial charge is 0.493 e. The zero-order valence-electron chi connectivity index (χ0n) is 23.6. The van der Waals surface area contributed by atoms with Crippen molar-refractivity contribution >= 4 is 11.7 Å². The zero-order valence-corrected chi connectivity index (χ0v) is 23.6. The van der Waals surface area contributed by atoms with Crippen LogP contribution < -0.4 is 10.1 Å². The Bertz CT molecular complexity index is 1280. The number of aryl methyl sites for hydroxylation is 1. The normalized spacial score (nSPS) is 11.1. The van der Waals surface area contributed by atoms with Crippen LogP contribution in [0, 0.1) is 5.92 Å². The van der Waals surface area contributed by atoms with Gasteiger partial charge in [-0.05, 0) is 58.9 Å². The van der Waals surface area contributed by atoms with E-state index in [1.54, 1.807) is 0 Å². The number of nitrogens with one attached hydrogen (secondary N) is 1. The molecule has 0 aliphatic rings. The molecule has 0 aliphatic carbocycles. The van der Waals surface area contributed by atoms with Crippen molar-refractivity contribution in [3.8, 4) is 5.75 Å². The van der Waals surface area contributed by atoms with Crippen molar-refractivity contribution in [3.05, 3.63) is 131 Å². The van der Waals surface area contributed by atoms with E-state index < -0.39 is 5.97 Å². The number of carboxylic acid groups (broad SMARTS) is 1. The second kappa shape index (κ2) is 14.9. The molecule has 4 aromatic rings. The van der Waals surface area contributed by atoms with Crippen LogP contribution in [0.3, 0.4) is 0 Å². The molecule has 5 heteroatoms. The van der Waals surface area contributed by atoms with Gasteiger partial charge in [0.1, 0.15) is 5.75 Å². The molecule has 0 saturated heterocycles. The molecule has 0 unspecified atom stereocenters. The Morgan fingerprint density at radius 2 is 1.38 bits per heavy atom. The Morgan fingerprint density at radius 1 is 0.775 bits per heavy atom. The average Bonchev–Trinajstić information content (AvgIpc) is 2.96. The summed E-state index contributed by atoms with van der Waals surface area (Å²) in [5, 5.41) is 12.4. The molecule has 4 aromatic carbocycles. The summed E-state index contributed by atoms with van der Waals surface area (Å²) in [6.07, 6.45) is 0.686. The minimum Gasteiger partial charge on any atom is -0.493 e. The molecule has 0 aromatic heterocycles. The third kappa shape index (κ3) is 9.58. The molecule has 2 N–H and O–H groups in total. The fraction of sp³-hybridized carbons (Fsp3) is 0.286. The van der Waals surface area contributed by atoms with Crippen molar-refractivity contribution in [2.75, 3.05) is 11.9 Å². The monoisotopic (exact) mass is 536 g/mol. The summed E-state index contributed by atoms with van der Waals surface area (Å²) in [5.41, 5.74) is 6.96. The molecule has 0 amide bonds. The number of carboxylic acids is 1. The fourth-order valence-corrected chi connectivity index (χ4v) is 4.60. The number of hydrogen-bond donors (Lipinski definition) is 2. The van der Waals surface area contributed by atoms with E-state index in [0.717, 1.165) is 36.6 Å². The van der Waals surface area contributed by atoms with Crippen LogP contribution >= 0.6 is 0 Å². The van der Waals surface area contributed by atoms with Gasteiger partial charge in [-0.25, -0.2) is 0 Å². The molecule has 5 nitrogen and oxygen atoms in total. The number of hydrogen-bond acceptors (Lipinski definition) is 4. The van der Waals surface area contributed by atoms with Crippen molar-refractivity contribution in [1.82, 2.24) is 4.90 Å². The van der Waals surface area contributed by atoms with Crippen molar-refractivity contribution in [2.24, 2.45) is 5.92 Å². The van der Waals surface area contributed by atoms with Crippen LogP contribution in [0.4, 0.5) is 5.69 Å². The van der Waals surface area contributed by atoms with Crippen LogP contribution in [0.1, 0.15) is 48.1 Å². The molecular formula is C35H40N2O3. The quantitative estimate of drug-likeness (QED) is 0.164. The van der Waals surface area contributed by atoms with E-state index in [2.05, 4.69) is 103 Å². The molecule has 0 heterocycles. The van der Waals surface area contributed by atoms with Gasteiger partial charge < -0.3 is 15.2 Å². The summed E-state index contributed by atoms with van der Waals surface area (Å²) in [7, 11) is 0. The SMILES string of the molecule is CC(C)COc1ccc(CNc2ccc(CCC(=O)O)cc2)cc1CN(Cc1ccccc1)Cc1ccccc1. The van der Waals surface area contributed by atoms with Crippen LogP contribution in [0.2, 0.25) is 0 Å². The lowest BCUT2D eigenvalue weighted by atomic mass is 10.1. The molecule has 0 spiro atoms. The summed E-state index contributed by atoms with van der Waals surface area (Å²) in [5.74, 6) is 0.605. The first-order valence-electron chi connectivity index (χ1n) is 14.0. The van der Waals surface area contributed by atoms with Crippen molar-refractivity contribution in [2.45, 2.75) is 52.9 Å². The Morgan fingerprint density at radius 3 is 1.95 bits per heavy atom. The number of carbonyl (C=O) groups is 1. The van der Waals surface area contributed by atoms with Gasteiger partial charge in [-0.3, -0.25) is 9.69 Å². The van der Waals surface area contributed by atoms with Crippen molar-refractivity contribution < 1.29 is 14.6 Å². The molecule has 0 aliphatic heterocycles. The van der Waals surface area contributed by atoms with Gasteiger partial charge in [0.05, 0.1) is 6.61 Å². The predicted octanol–water partition coefficient (Wildman–Crippen LogP) is 7.55. The lowest BCUT2D eigenvalue weighted by molar-refractivity contribution is -0.136. The minimum absolute atomic E-state index is 0.145. The Hall–Kier alpha value is -4.09. The zero-order chi connectivity index (χ0) is 28.2. The standard InChI is InChI=1S/C35H40N2O3/c1-27(2)26-40-34-19-15-31(22-36-33-17-13-28(14-18-33)16-20-35(38)39)21-32(34)25-37(23-29-9-5-3-6-10-29)24-30-11-7-4-8-12-30/h3-15,17-19,21,27,36H,16,20,22-26H2,1-2H3,(H,38,39). The highest BCUT2D eigenvalue weighted by Crippen LogP contribution is 2.25. The van der Waals surface area contributed by atoms with E-state index in [1.807, 2.05) is 24.3 Å². The lowest BCUT2D eigenvalue weighted by Crippen LogP contribution is -2.23. The second-order valence-electron chi connectivity index (χ2n) is 10.7. The summed E-state index contributed by atoms with van der Waals surface area (Å²) in [6.45, 7) is 8.15. The van der Waals surface area contributed by atoms with Gasteiger partial charge in [-0.1, -0.05) is 92.7 Å². The molecule has 0 fully saturated rings. The van der Waals surface area contributed by atoms with Gasteiger partial charge >= 0.3 is 5.97 Å². The van der Waals surface area contributed by atoms with E-state index in [-0.39, 0.29) is 6.42 Å². The number of rotatable bonds is 15. The number of benzene rings is 4. The number of aliphatic carboxylic acids is 1. The predicted molar refractivity (Wildman–Crippen MR) is 162 cm³/mol. The Labute approximate surface area is 238 Å². The molecule has 0 radical (unpaired) electrons. The van der Waals surface area contributed by atoms with Crippen LogP contribution in [-0.2, 0) is 37.4 Å². The maximum absolute atomic E-state index is 10.9. The topological polar surface area (TPSA) is 61.8 Å². The first-order chi connectivity index (χ1) is 19.4.